The molecule has 2 atom stereocenters. The summed E-state index contributed by atoms with van der Waals surface area (Å²) in [7, 11) is 0. The van der Waals surface area contributed by atoms with Gasteiger partial charge in [0.15, 0.2) is 23.2 Å². The minimum absolute atomic E-state index is 0.0449. The van der Waals surface area contributed by atoms with Crippen LogP contribution in [0.2, 0.25) is 0 Å². The Morgan fingerprint density at radius 1 is 1.32 bits per heavy atom. The van der Waals surface area contributed by atoms with Crippen LogP contribution in [0.15, 0.2) is 24.3 Å². The van der Waals surface area contributed by atoms with Gasteiger partial charge in [0.2, 0.25) is 6.79 Å². The number of alkyl halides is 3. The highest BCUT2D eigenvalue weighted by Gasteiger charge is 2.47. The number of nitrogens with zero attached hydrogens (tertiary/aromatic N) is 2. The second-order valence-electron chi connectivity index (χ2n) is 6.72. The summed E-state index contributed by atoms with van der Waals surface area (Å²) in [6, 6.07) is 3.96. The Kier molecular flexibility index (Phi) is 4.56. The topological polar surface area (TPSA) is 77.4 Å². The Balaban J connectivity index is 1.66. The Bertz CT molecular complexity index is 897. The molecule has 150 valence electrons. The van der Waals surface area contributed by atoms with Crippen LogP contribution in [0, 0.1) is 0 Å². The summed E-state index contributed by atoms with van der Waals surface area (Å²) in [5.41, 5.74) is 0.597. The molecule has 1 aromatic carbocycles. The first-order chi connectivity index (χ1) is 13.4. The molecule has 7 nitrogen and oxygen atoms in total. The lowest BCUT2D eigenvalue weighted by atomic mass is 9.96. The molecule has 2 aromatic rings. The summed E-state index contributed by atoms with van der Waals surface area (Å²) in [5, 5.41) is 9.61. The van der Waals surface area contributed by atoms with Gasteiger partial charge in [0.1, 0.15) is 5.82 Å². The third-order valence-corrected chi connectivity index (χ3v) is 4.76. The molecule has 10 heteroatoms. The zero-order valence-corrected chi connectivity index (χ0v) is 15.0. The monoisotopic (exact) mass is 396 g/mol. The SMILES string of the molecule is CCCNC(=O)c1cc2n(n1)[C@@H](C(F)(F)F)C[C@@H](c1ccc3c(c1)OCO3)N2. The Morgan fingerprint density at radius 3 is 2.86 bits per heavy atom. The quantitative estimate of drug-likeness (QED) is 0.828. The van der Waals surface area contributed by atoms with E-state index >= 15 is 0 Å². The van der Waals surface area contributed by atoms with Crippen molar-refractivity contribution in [3.63, 3.8) is 0 Å². The van der Waals surface area contributed by atoms with Crippen molar-refractivity contribution in [3.05, 3.63) is 35.5 Å². The average Bonchev–Trinajstić information content (AvgIpc) is 3.30. The van der Waals surface area contributed by atoms with Crippen molar-refractivity contribution in [1.82, 2.24) is 15.1 Å². The van der Waals surface area contributed by atoms with Crippen molar-refractivity contribution in [3.8, 4) is 11.5 Å². The Hall–Kier alpha value is -2.91. The van der Waals surface area contributed by atoms with E-state index in [1.165, 1.54) is 6.07 Å². The van der Waals surface area contributed by atoms with E-state index in [9.17, 15) is 18.0 Å². The van der Waals surface area contributed by atoms with Gasteiger partial charge in [-0.25, -0.2) is 4.68 Å². The van der Waals surface area contributed by atoms with Crippen molar-refractivity contribution >= 4 is 11.7 Å². The Labute approximate surface area is 158 Å². The zero-order chi connectivity index (χ0) is 19.9. The van der Waals surface area contributed by atoms with E-state index in [0.717, 1.165) is 11.1 Å². The standard InChI is InChI=1S/C18H19F3N4O3/c1-2-5-22-17(26)12-8-16-23-11(7-15(18(19,20)21)25(16)24-12)10-3-4-13-14(6-10)28-9-27-13/h3-4,6,8,11,15,23H,2,5,7,9H2,1H3,(H,22,26)/t11-,15+/m0/s1. The first-order valence-electron chi connectivity index (χ1n) is 8.97. The summed E-state index contributed by atoms with van der Waals surface area (Å²) in [5.74, 6) is 0.720. The number of aromatic nitrogens is 2. The lowest BCUT2D eigenvalue weighted by Crippen LogP contribution is -2.35. The lowest BCUT2D eigenvalue weighted by Gasteiger charge is -2.33. The van der Waals surface area contributed by atoms with Crippen LogP contribution in [0.5, 0.6) is 11.5 Å². The summed E-state index contributed by atoms with van der Waals surface area (Å²) >= 11 is 0. The van der Waals surface area contributed by atoms with Crippen LogP contribution < -0.4 is 20.1 Å². The van der Waals surface area contributed by atoms with E-state index in [0.29, 0.717) is 23.6 Å². The number of hydrogen-bond acceptors (Lipinski definition) is 5. The van der Waals surface area contributed by atoms with Gasteiger partial charge in [0, 0.05) is 19.0 Å². The number of rotatable bonds is 4. The van der Waals surface area contributed by atoms with Gasteiger partial charge < -0.3 is 20.1 Å². The number of fused-ring (bicyclic) bond motifs is 2. The normalized spacial score (nSPS) is 20.4. The molecule has 2 N–H and O–H groups in total. The van der Waals surface area contributed by atoms with Gasteiger partial charge in [-0.15, -0.1) is 0 Å². The van der Waals surface area contributed by atoms with Gasteiger partial charge in [0.05, 0.1) is 6.04 Å². The number of halogens is 3. The fourth-order valence-electron chi connectivity index (χ4n) is 3.36. The molecule has 0 spiro atoms. The largest absolute Gasteiger partial charge is 0.454 e. The number of ether oxygens (including phenoxy) is 2. The molecule has 0 radical (unpaired) electrons. The second kappa shape index (κ2) is 6.92. The van der Waals surface area contributed by atoms with Gasteiger partial charge in [-0.2, -0.15) is 18.3 Å². The zero-order valence-electron chi connectivity index (χ0n) is 15.0. The fourth-order valence-corrected chi connectivity index (χ4v) is 3.36. The number of benzene rings is 1. The van der Waals surface area contributed by atoms with Crippen molar-refractivity contribution in [2.24, 2.45) is 0 Å². The molecule has 0 saturated heterocycles. The minimum atomic E-state index is -4.51. The molecule has 4 rings (SSSR count). The smallest absolute Gasteiger partial charge is 0.410 e. The number of hydrogen-bond donors (Lipinski definition) is 2. The van der Waals surface area contributed by atoms with Gasteiger partial charge in [-0.05, 0) is 24.1 Å². The summed E-state index contributed by atoms with van der Waals surface area (Å²) < 4.78 is 52.6. The molecular formula is C18H19F3N4O3. The van der Waals surface area contributed by atoms with Crippen LogP contribution in [0.3, 0.4) is 0 Å². The molecule has 0 saturated carbocycles. The number of carbonyl (C=O) groups is 1. The van der Waals surface area contributed by atoms with Crippen molar-refractivity contribution in [2.75, 3.05) is 18.7 Å². The van der Waals surface area contributed by atoms with Gasteiger partial charge in [0.25, 0.3) is 5.91 Å². The Morgan fingerprint density at radius 2 is 2.11 bits per heavy atom. The average molecular weight is 396 g/mol. The molecule has 28 heavy (non-hydrogen) atoms. The van der Waals surface area contributed by atoms with Crippen LogP contribution in [0.1, 0.15) is 47.9 Å². The van der Waals surface area contributed by atoms with Gasteiger partial charge >= 0.3 is 6.18 Å². The summed E-state index contributed by atoms with van der Waals surface area (Å²) in [6.07, 6.45) is -4.04. The third kappa shape index (κ3) is 3.34. The van der Waals surface area contributed by atoms with E-state index in [1.54, 1.807) is 18.2 Å². The maximum atomic E-state index is 13.7. The van der Waals surface area contributed by atoms with E-state index in [-0.39, 0.29) is 24.7 Å². The maximum absolute atomic E-state index is 13.7. The predicted molar refractivity (Wildman–Crippen MR) is 93.5 cm³/mol. The molecule has 0 bridgehead atoms. The summed E-state index contributed by atoms with van der Waals surface area (Å²) in [4.78, 5) is 12.1. The van der Waals surface area contributed by atoms with Crippen LogP contribution in [0.25, 0.3) is 0 Å². The number of carbonyl (C=O) groups excluding carboxylic acids is 1. The molecule has 2 aliphatic heterocycles. The highest BCUT2D eigenvalue weighted by atomic mass is 19.4. The fraction of sp³-hybridized carbons (Fsp3) is 0.444. The van der Waals surface area contributed by atoms with Gasteiger partial charge in [-0.1, -0.05) is 13.0 Å². The molecule has 2 aliphatic rings. The van der Waals surface area contributed by atoms with Crippen LogP contribution in [-0.4, -0.2) is 35.2 Å². The first-order valence-corrected chi connectivity index (χ1v) is 8.97. The second-order valence-corrected chi connectivity index (χ2v) is 6.72. The van der Waals surface area contributed by atoms with Crippen LogP contribution in [-0.2, 0) is 0 Å². The predicted octanol–water partition coefficient (Wildman–Crippen LogP) is 3.41. The highest BCUT2D eigenvalue weighted by molar-refractivity contribution is 5.93. The van der Waals surface area contributed by atoms with E-state index in [4.69, 9.17) is 9.47 Å². The first kappa shape index (κ1) is 18.5. The number of amides is 1. The van der Waals surface area contributed by atoms with E-state index in [2.05, 4.69) is 15.7 Å². The minimum Gasteiger partial charge on any atom is -0.454 e. The van der Waals surface area contributed by atoms with Crippen molar-refractivity contribution in [1.29, 1.82) is 0 Å². The van der Waals surface area contributed by atoms with Crippen molar-refractivity contribution < 1.29 is 27.4 Å². The van der Waals surface area contributed by atoms with E-state index < -0.39 is 24.2 Å². The molecule has 1 amide bonds. The molecular weight excluding hydrogens is 377 g/mol. The molecule has 1 aromatic heterocycles. The molecule has 3 heterocycles. The molecule has 0 fully saturated rings. The molecule has 0 aliphatic carbocycles. The van der Waals surface area contributed by atoms with Crippen molar-refractivity contribution in [2.45, 2.75) is 38.0 Å². The maximum Gasteiger partial charge on any atom is 0.410 e. The van der Waals surface area contributed by atoms with Crippen LogP contribution >= 0.6 is 0 Å². The van der Waals surface area contributed by atoms with Crippen LogP contribution in [0.4, 0.5) is 19.0 Å². The summed E-state index contributed by atoms with van der Waals surface area (Å²) in [6.45, 7) is 2.40. The third-order valence-electron chi connectivity index (χ3n) is 4.76. The van der Waals surface area contributed by atoms with E-state index in [1.807, 2.05) is 6.92 Å². The lowest BCUT2D eigenvalue weighted by molar-refractivity contribution is -0.173. The highest BCUT2D eigenvalue weighted by Crippen LogP contribution is 2.45. The van der Waals surface area contributed by atoms with Gasteiger partial charge in [-0.3, -0.25) is 4.79 Å². The number of anilines is 1. The molecule has 0 unspecified atom stereocenters. The number of nitrogens with one attached hydrogen (secondary N) is 2.